The molecule has 37 heavy (non-hydrogen) atoms. The van der Waals surface area contributed by atoms with Crippen molar-refractivity contribution in [3.63, 3.8) is 0 Å². The molecule has 1 unspecified atom stereocenters. The smallest absolute Gasteiger partial charge is 0.548 e. The van der Waals surface area contributed by atoms with Crippen LogP contribution in [0.3, 0.4) is 0 Å². The molecule has 3 amide bonds. The van der Waals surface area contributed by atoms with E-state index in [1.165, 1.54) is 27.4 Å². The van der Waals surface area contributed by atoms with E-state index < -0.39 is 63.2 Å². The molecule has 4 rings (SSSR count). The number of aryl methyl sites for hydroxylation is 1. The summed E-state index contributed by atoms with van der Waals surface area (Å²) in [6, 6.07) is 5.88. The monoisotopic (exact) mass is 552 g/mol. The number of pyridine rings is 1. The molecule has 2 saturated heterocycles. The van der Waals surface area contributed by atoms with Crippen LogP contribution in [0, 0.1) is 0 Å². The largest absolute Gasteiger partial charge is 1.00 e. The molecule has 0 bridgehead atoms. The first-order valence-electron chi connectivity index (χ1n) is 11.3. The Hall–Kier alpha value is -2.16. The second-order valence-corrected chi connectivity index (χ2v) is 10.8. The topological polar surface area (TPSA) is 161 Å². The van der Waals surface area contributed by atoms with E-state index in [0.29, 0.717) is 5.56 Å². The van der Waals surface area contributed by atoms with Crippen molar-refractivity contribution in [1.82, 2.24) is 20.1 Å². The van der Waals surface area contributed by atoms with Gasteiger partial charge in [0.05, 0.1) is 17.6 Å². The van der Waals surface area contributed by atoms with Gasteiger partial charge in [-0.25, -0.2) is 0 Å². The van der Waals surface area contributed by atoms with Gasteiger partial charge in [0, 0.05) is 23.6 Å². The number of nitrogens with zero attached hydrogens (tertiary/aromatic N) is 2. The number of carboxylic acid groups (broad SMARTS) is 1. The van der Waals surface area contributed by atoms with Crippen molar-refractivity contribution in [3.05, 3.63) is 64.1 Å². The quantitative estimate of drug-likeness (QED) is 0.234. The number of aromatic hydroxyl groups is 1. The summed E-state index contributed by atoms with van der Waals surface area (Å²) in [5.74, 6) is -3.93. The number of thioether (sulfide) groups is 1. The Morgan fingerprint density at radius 3 is 2.43 bits per heavy atom. The van der Waals surface area contributed by atoms with E-state index in [-0.39, 0.29) is 63.5 Å². The summed E-state index contributed by atoms with van der Waals surface area (Å²) in [6.07, 6.45) is 1.21. The van der Waals surface area contributed by atoms with Crippen LogP contribution in [0.4, 0.5) is 0 Å². The van der Waals surface area contributed by atoms with Gasteiger partial charge in [0.15, 0.2) is 0 Å². The van der Waals surface area contributed by atoms with Crippen LogP contribution in [0.25, 0.3) is 0 Å². The number of carbonyl (C=O) groups excluding carboxylic acids is 4. The molecule has 3 heterocycles. The minimum absolute atomic E-state index is 0. The number of benzene rings is 1. The zero-order valence-electron chi connectivity index (χ0n) is 20.8. The minimum Gasteiger partial charge on any atom is -0.548 e. The van der Waals surface area contributed by atoms with E-state index in [4.69, 9.17) is 0 Å². The summed E-state index contributed by atoms with van der Waals surface area (Å²) in [5, 5.41) is 26.4. The van der Waals surface area contributed by atoms with Crippen molar-refractivity contribution in [2.45, 2.75) is 55.6 Å². The molecule has 11 nitrogen and oxygen atoms in total. The van der Waals surface area contributed by atoms with Gasteiger partial charge in [-0.15, -0.1) is 11.8 Å². The van der Waals surface area contributed by atoms with Crippen LogP contribution in [-0.4, -0.2) is 60.5 Å². The van der Waals surface area contributed by atoms with Gasteiger partial charge in [-0.2, -0.15) is 0 Å². The predicted octanol–water partition coefficient (Wildman–Crippen LogP) is -3.65. The predicted molar refractivity (Wildman–Crippen MR) is 128 cm³/mol. The van der Waals surface area contributed by atoms with Gasteiger partial charge in [0.1, 0.15) is 23.2 Å². The zero-order valence-corrected chi connectivity index (χ0v) is 24.7. The van der Waals surface area contributed by atoms with Gasteiger partial charge in [-0.05, 0) is 26.3 Å². The average Bonchev–Trinajstić information content (AvgIpc) is 3.09. The van der Waals surface area contributed by atoms with Gasteiger partial charge in [-0.1, -0.05) is 30.3 Å². The Labute approximate surface area is 259 Å². The first kappa shape index (κ1) is 29.4. The van der Waals surface area contributed by atoms with Crippen LogP contribution in [-0.2, 0) is 20.9 Å². The summed E-state index contributed by atoms with van der Waals surface area (Å²) < 4.78 is 0.423. The van der Waals surface area contributed by atoms with Crippen molar-refractivity contribution in [2.75, 3.05) is 0 Å². The molecule has 1 aromatic carbocycles. The number of carboxylic acids is 1. The second kappa shape index (κ2) is 11.3. The molecular weight excluding hydrogens is 527 g/mol. The molecule has 0 spiro atoms. The first-order valence-corrected chi connectivity index (χ1v) is 12.1. The van der Waals surface area contributed by atoms with Gasteiger partial charge in [0.25, 0.3) is 11.5 Å². The molecule has 4 atom stereocenters. The van der Waals surface area contributed by atoms with Gasteiger partial charge in [0.2, 0.25) is 11.8 Å². The molecule has 2 aromatic rings. The number of nitrogens with one attached hydrogen (secondary N) is 2. The molecule has 0 aliphatic carbocycles. The fourth-order valence-electron chi connectivity index (χ4n) is 4.50. The van der Waals surface area contributed by atoms with E-state index in [1.54, 1.807) is 51.1 Å². The number of β-lactam (4-membered cyclic amide) rings is 1. The Bertz CT molecular complexity index is 1300. The summed E-state index contributed by atoms with van der Waals surface area (Å²) in [5.41, 5.74) is -0.257. The standard InChI is InChI=1S/C24H26N4O7S.K/c1-4-27-11-13(14(29)10-15(27)30)19(31)25-16(12-8-6-5-7-9-12)20(32)26-17-21(33)28-18(23(34)35)24(2,3)36-22(17)28;/h5-11,16-18,22,29H,4H2,1-3H3,(H,25,31)(H,26,32)(H,34,35);/q;+1/p-1/t16?,17-,18+,22-;/m1./s1. The molecule has 2 aliphatic heterocycles. The number of aliphatic carboxylic acids is 1. The van der Waals surface area contributed by atoms with Crippen molar-refractivity contribution in [2.24, 2.45) is 0 Å². The normalized spacial score (nSPS) is 22.2. The summed E-state index contributed by atoms with van der Waals surface area (Å²) in [4.78, 5) is 63.9. The second-order valence-electron chi connectivity index (χ2n) is 9.08. The molecule has 0 saturated carbocycles. The maximum Gasteiger partial charge on any atom is 1.00 e. The van der Waals surface area contributed by atoms with E-state index in [2.05, 4.69) is 10.6 Å². The number of rotatable bonds is 7. The zero-order chi connectivity index (χ0) is 26.4. The molecule has 2 aliphatic rings. The molecule has 2 fully saturated rings. The maximum atomic E-state index is 13.3. The molecule has 0 radical (unpaired) electrons. The van der Waals surface area contributed by atoms with E-state index in [0.717, 1.165) is 6.07 Å². The molecule has 3 N–H and O–H groups in total. The third kappa shape index (κ3) is 5.52. The van der Waals surface area contributed by atoms with Gasteiger partial charge >= 0.3 is 51.4 Å². The first-order chi connectivity index (χ1) is 17.0. The van der Waals surface area contributed by atoms with Crippen molar-refractivity contribution in [1.29, 1.82) is 0 Å². The number of hydrogen-bond donors (Lipinski definition) is 3. The Balaban J connectivity index is 0.00000380. The molecule has 1 aromatic heterocycles. The van der Waals surface area contributed by atoms with Crippen LogP contribution in [0.5, 0.6) is 5.75 Å². The molecule has 190 valence electrons. The van der Waals surface area contributed by atoms with Crippen molar-refractivity contribution < 1.29 is 80.8 Å². The fraction of sp³-hybridized carbons (Fsp3) is 0.375. The van der Waals surface area contributed by atoms with E-state index >= 15 is 0 Å². The molecular formula is C24H25KN4O7S. The van der Waals surface area contributed by atoms with Crippen LogP contribution in [0.1, 0.15) is 42.7 Å². The third-order valence-electron chi connectivity index (χ3n) is 6.32. The van der Waals surface area contributed by atoms with Crippen LogP contribution < -0.4 is 72.7 Å². The van der Waals surface area contributed by atoms with E-state index in [9.17, 15) is 34.2 Å². The Kier molecular flexibility index (Phi) is 8.97. The average molecular weight is 553 g/mol. The minimum atomic E-state index is -1.37. The molecule has 13 heteroatoms. The fourth-order valence-corrected chi connectivity index (χ4v) is 6.12. The SMILES string of the molecule is CCn1cc(C(=O)NC(C(=O)N[C@@H]2C(=O)N3[C@@H]2SC(C)(C)[C@@H]3C(=O)[O-])c2ccccc2)c(O)cc1=O.[K+]. The maximum absolute atomic E-state index is 13.3. The number of fused-ring (bicyclic) bond motifs is 1. The Morgan fingerprint density at radius 1 is 1.19 bits per heavy atom. The van der Waals surface area contributed by atoms with E-state index in [1.807, 2.05) is 0 Å². The number of amides is 3. The number of aromatic nitrogens is 1. The summed E-state index contributed by atoms with van der Waals surface area (Å²) >= 11 is 1.25. The van der Waals surface area contributed by atoms with Crippen molar-refractivity contribution >= 4 is 35.5 Å². The number of hydrogen-bond acceptors (Lipinski definition) is 8. The van der Waals surface area contributed by atoms with Crippen LogP contribution >= 0.6 is 11.8 Å². The van der Waals surface area contributed by atoms with Crippen LogP contribution in [0.15, 0.2) is 47.4 Å². The Morgan fingerprint density at radius 2 is 1.84 bits per heavy atom. The summed E-state index contributed by atoms with van der Waals surface area (Å²) in [7, 11) is 0. The third-order valence-corrected chi connectivity index (χ3v) is 7.89. The van der Waals surface area contributed by atoms with Gasteiger partial charge < -0.3 is 35.1 Å². The van der Waals surface area contributed by atoms with Crippen LogP contribution in [0.2, 0.25) is 0 Å². The van der Waals surface area contributed by atoms with Crippen molar-refractivity contribution in [3.8, 4) is 5.75 Å². The van der Waals surface area contributed by atoms with Gasteiger partial charge in [-0.3, -0.25) is 19.2 Å². The summed E-state index contributed by atoms with van der Waals surface area (Å²) in [6.45, 7) is 5.35. The number of carbonyl (C=O) groups is 4.